The monoisotopic (exact) mass is 705 g/mol. The van der Waals surface area contributed by atoms with Crippen LogP contribution in [0.25, 0.3) is 0 Å². The van der Waals surface area contributed by atoms with Gasteiger partial charge in [0, 0.05) is 23.7 Å². The second-order valence-electron chi connectivity index (χ2n) is 13.6. The number of likely N-dealkylation sites (tertiary alicyclic amines) is 1. The molecular weight excluding hydrogens is 658 g/mol. The highest BCUT2D eigenvalue weighted by atomic mass is 35.5. The van der Waals surface area contributed by atoms with Gasteiger partial charge in [-0.1, -0.05) is 74.4 Å². The van der Waals surface area contributed by atoms with E-state index < -0.39 is 65.6 Å². The number of aliphatic hydroxyl groups is 1. The van der Waals surface area contributed by atoms with E-state index in [2.05, 4.69) is 18.5 Å². The molecule has 3 amide bonds. The van der Waals surface area contributed by atoms with Crippen molar-refractivity contribution in [1.82, 2.24) is 10.2 Å². The molecule has 50 heavy (non-hydrogen) atoms. The number of nitrogens with zero attached hydrogens (tertiary/aromatic N) is 2. The Labute approximate surface area is 299 Å². The Bertz CT molecular complexity index is 1570. The van der Waals surface area contributed by atoms with Crippen LogP contribution in [-0.2, 0) is 28.7 Å². The fourth-order valence-electron chi connectivity index (χ4n) is 7.97. The Hall–Kier alpha value is -3.99. The van der Waals surface area contributed by atoms with E-state index in [9.17, 15) is 24.3 Å². The number of fused-ring (bicyclic) bond motifs is 1. The van der Waals surface area contributed by atoms with Crippen LogP contribution in [0.2, 0.25) is 5.02 Å². The maximum absolute atomic E-state index is 14.9. The zero-order chi connectivity index (χ0) is 36.2. The van der Waals surface area contributed by atoms with Gasteiger partial charge in [0.2, 0.25) is 11.8 Å². The SMILES string of the molecule is C=CCCC(=O)N[C@@H](C)[C@H](OC(=O)[C@@H]1[C@H]2C(=O)N([C@@H](CO)[C@@H](C)CC)[C@H](C(=O)N(CC=C)c3ccc(Cl)cc3)[C@]23CC[C@H]1O3)c1ccccc1. The topological polar surface area (TPSA) is 125 Å². The zero-order valence-corrected chi connectivity index (χ0v) is 29.8. The zero-order valence-electron chi connectivity index (χ0n) is 29.0. The van der Waals surface area contributed by atoms with Crippen molar-refractivity contribution < 1.29 is 33.8 Å². The van der Waals surface area contributed by atoms with Gasteiger partial charge in [-0.2, -0.15) is 0 Å². The first-order valence-electron chi connectivity index (χ1n) is 17.5. The van der Waals surface area contributed by atoms with E-state index in [1.54, 1.807) is 48.2 Å². The summed E-state index contributed by atoms with van der Waals surface area (Å²) in [6.45, 7) is 13.0. The lowest BCUT2D eigenvalue weighted by Gasteiger charge is -2.40. The fraction of sp³-hybridized carbons (Fsp3) is 0.487. The van der Waals surface area contributed by atoms with Gasteiger partial charge in [0.15, 0.2) is 0 Å². The average Bonchev–Trinajstić information content (AvgIpc) is 3.76. The molecule has 0 aliphatic carbocycles. The predicted octanol–water partition coefficient (Wildman–Crippen LogP) is 5.40. The van der Waals surface area contributed by atoms with Crippen LogP contribution in [0.5, 0.6) is 0 Å². The first-order valence-corrected chi connectivity index (χ1v) is 17.8. The number of carbonyl (C=O) groups is 4. The molecule has 3 saturated heterocycles. The highest BCUT2D eigenvalue weighted by Gasteiger charge is 2.76. The van der Waals surface area contributed by atoms with E-state index in [1.165, 1.54) is 4.90 Å². The molecule has 1 spiro atoms. The summed E-state index contributed by atoms with van der Waals surface area (Å²) in [6, 6.07) is 13.6. The quantitative estimate of drug-likeness (QED) is 0.177. The number of rotatable bonds is 16. The summed E-state index contributed by atoms with van der Waals surface area (Å²) in [5.74, 6) is -3.80. The number of allylic oxidation sites excluding steroid dienone is 1. The van der Waals surface area contributed by atoms with Crippen molar-refractivity contribution in [2.24, 2.45) is 17.8 Å². The summed E-state index contributed by atoms with van der Waals surface area (Å²) < 4.78 is 12.9. The van der Waals surface area contributed by atoms with Gasteiger partial charge >= 0.3 is 5.97 Å². The Kier molecular flexibility index (Phi) is 11.9. The number of anilines is 1. The molecule has 2 aromatic rings. The Balaban J connectivity index is 1.52. The predicted molar refractivity (Wildman–Crippen MR) is 191 cm³/mol. The molecule has 3 heterocycles. The van der Waals surface area contributed by atoms with Gasteiger partial charge in [-0.05, 0) is 61.9 Å². The fourth-order valence-corrected chi connectivity index (χ4v) is 8.10. The maximum atomic E-state index is 14.9. The van der Waals surface area contributed by atoms with Crippen LogP contribution in [0.1, 0.15) is 64.5 Å². The molecule has 0 saturated carbocycles. The second kappa shape index (κ2) is 15.9. The van der Waals surface area contributed by atoms with Crippen LogP contribution >= 0.6 is 11.6 Å². The van der Waals surface area contributed by atoms with Gasteiger partial charge in [-0.15, -0.1) is 13.2 Å². The normalized spacial score (nSPS) is 26.0. The largest absolute Gasteiger partial charge is 0.455 e. The summed E-state index contributed by atoms with van der Waals surface area (Å²) in [6.07, 6.45) is 3.99. The lowest BCUT2D eigenvalue weighted by molar-refractivity contribution is -0.162. The molecule has 268 valence electrons. The molecule has 2 aromatic carbocycles. The van der Waals surface area contributed by atoms with Crippen LogP contribution < -0.4 is 10.2 Å². The van der Waals surface area contributed by atoms with Crippen LogP contribution in [0.3, 0.4) is 0 Å². The minimum Gasteiger partial charge on any atom is -0.455 e. The summed E-state index contributed by atoms with van der Waals surface area (Å²) in [7, 11) is 0. The average molecular weight is 706 g/mol. The van der Waals surface area contributed by atoms with Gasteiger partial charge < -0.3 is 29.7 Å². The number of esters is 1. The van der Waals surface area contributed by atoms with Crippen LogP contribution in [0, 0.1) is 17.8 Å². The third-order valence-corrected chi connectivity index (χ3v) is 10.8. The molecule has 11 heteroatoms. The van der Waals surface area contributed by atoms with Crippen molar-refractivity contribution in [3.05, 3.63) is 90.5 Å². The summed E-state index contributed by atoms with van der Waals surface area (Å²) >= 11 is 6.17. The van der Waals surface area contributed by atoms with Crippen LogP contribution in [-0.4, -0.2) is 76.7 Å². The first kappa shape index (κ1) is 37.3. The maximum Gasteiger partial charge on any atom is 0.313 e. The van der Waals surface area contributed by atoms with Crippen molar-refractivity contribution in [2.75, 3.05) is 18.1 Å². The molecule has 5 rings (SSSR count). The number of nitrogens with one attached hydrogen (secondary N) is 1. The van der Waals surface area contributed by atoms with Crippen molar-refractivity contribution >= 4 is 41.0 Å². The molecular formula is C39H48ClN3O7. The van der Waals surface area contributed by atoms with E-state index >= 15 is 0 Å². The molecule has 0 aromatic heterocycles. The van der Waals surface area contributed by atoms with Gasteiger partial charge in [0.05, 0.1) is 36.6 Å². The van der Waals surface area contributed by atoms with E-state index in [1.807, 2.05) is 44.2 Å². The lowest BCUT2D eigenvalue weighted by Crippen LogP contribution is -2.60. The third-order valence-electron chi connectivity index (χ3n) is 10.6. The molecule has 3 fully saturated rings. The summed E-state index contributed by atoms with van der Waals surface area (Å²) in [5.41, 5.74) is -0.0696. The Morgan fingerprint density at radius 3 is 2.46 bits per heavy atom. The summed E-state index contributed by atoms with van der Waals surface area (Å²) in [5, 5.41) is 14.2. The molecule has 3 aliphatic rings. The molecule has 2 bridgehead atoms. The van der Waals surface area contributed by atoms with Gasteiger partial charge in [0.25, 0.3) is 5.91 Å². The first-order chi connectivity index (χ1) is 24.0. The highest BCUT2D eigenvalue weighted by Crippen LogP contribution is 2.59. The van der Waals surface area contributed by atoms with Crippen molar-refractivity contribution in [3.63, 3.8) is 0 Å². The molecule has 9 atom stereocenters. The van der Waals surface area contributed by atoms with Gasteiger partial charge in [-0.25, -0.2) is 0 Å². The number of carbonyl (C=O) groups excluding carboxylic acids is 4. The Morgan fingerprint density at radius 2 is 1.84 bits per heavy atom. The van der Waals surface area contributed by atoms with Crippen LogP contribution in [0.4, 0.5) is 5.69 Å². The molecule has 10 nitrogen and oxygen atoms in total. The third kappa shape index (κ3) is 6.98. The minimum atomic E-state index is -1.32. The number of halogens is 1. The molecule has 0 radical (unpaired) electrons. The van der Waals surface area contributed by atoms with Crippen LogP contribution in [0.15, 0.2) is 79.9 Å². The van der Waals surface area contributed by atoms with Crippen molar-refractivity contribution in [1.29, 1.82) is 0 Å². The minimum absolute atomic E-state index is 0.150. The molecule has 0 unspecified atom stereocenters. The lowest BCUT2D eigenvalue weighted by atomic mass is 9.70. The van der Waals surface area contributed by atoms with Gasteiger partial charge in [-0.3, -0.25) is 19.2 Å². The standard InChI is InChI=1S/C39H48ClN3O7/c1-6-9-15-31(45)41-25(5)34(26-13-11-10-12-14-26)49-38(48)32-30-20-21-39(50-30)33(32)36(46)43(29(23-44)24(4)8-3)35(39)37(47)42(22-7-2)28-18-16-27(40)17-19-28/h6-7,10-14,16-19,24-25,29-30,32-35,44H,1-2,8-9,15,20-23H2,3-5H3,(H,41,45)/t24-,25-,29-,30+,32-,33-,34-,35+,39-/m0/s1. The number of hydrogen-bond acceptors (Lipinski definition) is 7. The van der Waals surface area contributed by atoms with E-state index in [0.29, 0.717) is 42.0 Å². The molecule has 2 N–H and O–H groups in total. The molecule has 3 aliphatic heterocycles. The van der Waals surface area contributed by atoms with Crippen molar-refractivity contribution in [3.8, 4) is 0 Å². The smallest absolute Gasteiger partial charge is 0.313 e. The van der Waals surface area contributed by atoms with Gasteiger partial charge in [0.1, 0.15) is 17.7 Å². The Morgan fingerprint density at radius 1 is 1.14 bits per heavy atom. The number of benzene rings is 2. The van der Waals surface area contributed by atoms with E-state index in [0.717, 1.165) is 0 Å². The number of amides is 3. The number of ether oxygens (including phenoxy) is 2. The second-order valence-corrected chi connectivity index (χ2v) is 14.0. The van der Waals surface area contributed by atoms with Crippen molar-refractivity contribution in [2.45, 2.75) is 88.8 Å². The number of hydrogen-bond donors (Lipinski definition) is 2. The summed E-state index contributed by atoms with van der Waals surface area (Å²) in [4.78, 5) is 59.7. The van der Waals surface area contributed by atoms with E-state index in [4.69, 9.17) is 21.1 Å². The number of aliphatic hydroxyl groups excluding tert-OH is 1. The highest BCUT2D eigenvalue weighted by molar-refractivity contribution is 6.30. The van der Waals surface area contributed by atoms with E-state index in [-0.39, 0.29) is 31.4 Å².